The van der Waals surface area contributed by atoms with E-state index in [-0.39, 0.29) is 5.91 Å². The van der Waals surface area contributed by atoms with Crippen molar-refractivity contribution in [1.29, 1.82) is 0 Å². The van der Waals surface area contributed by atoms with Crippen LogP contribution in [0.1, 0.15) is 41.6 Å². The summed E-state index contributed by atoms with van der Waals surface area (Å²) < 4.78 is 0. The highest BCUT2D eigenvalue weighted by Gasteiger charge is 2.22. The average Bonchev–Trinajstić information content (AvgIpc) is 3.22. The van der Waals surface area contributed by atoms with Gasteiger partial charge in [0.15, 0.2) is 0 Å². The molecule has 0 spiro atoms. The normalized spacial score (nSPS) is 14.0. The molecule has 2 rings (SSSR count). The van der Waals surface area contributed by atoms with Gasteiger partial charge in [-0.2, -0.15) is 0 Å². The summed E-state index contributed by atoms with van der Waals surface area (Å²) >= 11 is 0. The highest BCUT2D eigenvalue weighted by molar-refractivity contribution is 5.89. The summed E-state index contributed by atoms with van der Waals surface area (Å²) in [5.74, 6) is -0.800. The van der Waals surface area contributed by atoms with Crippen LogP contribution in [0.3, 0.4) is 0 Å². The number of carboxylic acid groups (broad SMARTS) is 1. The zero-order valence-electron chi connectivity index (χ0n) is 11.4. The van der Waals surface area contributed by atoms with Crippen molar-refractivity contribution in [3.05, 3.63) is 35.4 Å². The molecule has 0 saturated heterocycles. The third kappa shape index (κ3) is 4.66. The van der Waals surface area contributed by atoms with Crippen molar-refractivity contribution in [3.8, 4) is 0 Å². The number of carbonyl (C=O) groups excluding carboxylic acids is 1. The number of aromatic carboxylic acids is 1. The number of nitrogens with one attached hydrogen (secondary N) is 2. The lowest BCUT2D eigenvalue weighted by Crippen LogP contribution is -2.26. The number of rotatable bonds is 8. The van der Waals surface area contributed by atoms with Crippen molar-refractivity contribution in [2.75, 3.05) is 6.54 Å². The van der Waals surface area contributed by atoms with Crippen LogP contribution in [0.4, 0.5) is 0 Å². The zero-order chi connectivity index (χ0) is 14.4. The smallest absolute Gasteiger partial charge is 0.336 e. The maximum absolute atomic E-state index is 11.5. The second kappa shape index (κ2) is 7.05. The largest absolute Gasteiger partial charge is 0.478 e. The lowest BCUT2D eigenvalue weighted by molar-refractivity contribution is -0.121. The van der Waals surface area contributed by atoms with E-state index in [4.69, 9.17) is 5.11 Å². The molecule has 5 nitrogen and oxygen atoms in total. The van der Waals surface area contributed by atoms with Crippen LogP contribution in [0.2, 0.25) is 0 Å². The summed E-state index contributed by atoms with van der Waals surface area (Å²) in [5.41, 5.74) is 1.09. The molecular formula is C15H20N2O3. The van der Waals surface area contributed by atoms with Gasteiger partial charge in [-0.05, 0) is 37.4 Å². The van der Waals surface area contributed by atoms with E-state index in [1.54, 1.807) is 18.2 Å². The Morgan fingerprint density at radius 3 is 2.70 bits per heavy atom. The highest BCUT2D eigenvalue weighted by Crippen LogP contribution is 2.18. The van der Waals surface area contributed by atoms with E-state index in [0.717, 1.165) is 24.8 Å². The van der Waals surface area contributed by atoms with Crippen LogP contribution >= 0.6 is 0 Å². The molecule has 0 atom stereocenters. The van der Waals surface area contributed by atoms with Crippen molar-refractivity contribution in [2.45, 2.75) is 38.3 Å². The second-order valence-corrected chi connectivity index (χ2v) is 5.08. The topological polar surface area (TPSA) is 78.4 Å². The van der Waals surface area contributed by atoms with Crippen molar-refractivity contribution in [3.63, 3.8) is 0 Å². The Labute approximate surface area is 118 Å². The minimum atomic E-state index is -0.911. The zero-order valence-corrected chi connectivity index (χ0v) is 11.4. The summed E-state index contributed by atoms with van der Waals surface area (Å²) in [6, 6.07) is 7.36. The quantitative estimate of drug-likeness (QED) is 0.629. The fraction of sp³-hybridized carbons (Fsp3) is 0.467. The molecule has 1 saturated carbocycles. The Morgan fingerprint density at radius 2 is 2.00 bits per heavy atom. The third-order valence-electron chi connectivity index (χ3n) is 3.26. The standard InChI is InChI=1S/C15H20N2O3/c18-14(17-12-7-8-12)6-3-9-16-10-11-4-1-2-5-13(11)15(19)20/h1-2,4-5,12,16H,3,6-10H2,(H,17,18)(H,19,20). The number of carbonyl (C=O) groups is 2. The van der Waals surface area contributed by atoms with E-state index in [1.807, 2.05) is 6.07 Å². The summed E-state index contributed by atoms with van der Waals surface area (Å²) in [6.45, 7) is 1.21. The molecule has 20 heavy (non-hydrogen) atoms. The van der Waals surface area contributed by atoms with Crippen molar-refractivity contribution in [2.24, 2.45) is 0 Å². The molecule has 0 unspecified atom stereocenters. The summed E-state index contributed by atoms with van der Waals surface area (Å²) in [4.78, 5) is 22.5. The molecule has 108 valence electrons. The Morgan fingerprint density at radius 1 is 1.25 bits per heavy atom. The molecule has 0 aliphatic heterocycles. The van der Waals surface area contributed by atoms with Gasteiger partial charge in [0.25, 0.3) is 0 Å². The molecule has 1 aromatic rings. The van der Waals surface area contributed by atoms with Gasteiger partial charge in [-0.1, -0.05) is 18.2 Å². The predicted molar refractivity (Wildman–Crippen MR) is 75.5 cm³/mol. The number of benzene rings is 1. The van der Waals surface area contributed by atoms with Gasteiger partial charge in [0.2, 0.25) is 5.91 Å². The van der Waals surface area contributed by atoms with Gasteiger partial charge in [0.05, 0.1) is 5.56 Å². The Bertz CT molecular complexity index is 484. The van der Waals surface area contributed by atoms with E-state index in [0.29, 0.717) is 31.1 Å². The first-order chi connectivity index (χ1) is 9.66. The van der Waals surface area contributed by atoms with E-state index in [1.165, 1.54) is 0 Å². The van der Waals surface area contributed by atoms with Gasteiger partial charge in [-0.3, -0.25) is 4.79 Å². The maximum Gasteiger partial charge on any atom is 0.336 e. The third-order valence-corrected chi connectivity index (χ3v) is 3.26. The van der Waals surface area contributed by atoms with Crippen LogP contribution in [-0.2, 0) is 11.3 Å². The van der Waals surface area contributed by atoms with Crippen LogP contribution < -0.4 is 10.6 Å². The molecule has 0 bridgehead atoms. The first-order valence-electron chi connectivity index (χ1n) is 6.98. The van der Waals surface area contributed by atoms with Gasteiger partial charge in [0.1, 0.15) is 0 Å². The van der Waals surface area contributed by atoms with Gasteiger partial charge >= 0.3 is 5.97 Å². The van der Waals surface area contributed by atoms with Crippen LogP contribution in [-0.4, -0.2) is 29.6 Å². The highest BCUT2D eigenvalue weighted by atomic mass is 16.4. The summed E-state index contributed by atoms with van der Waals surface area (Å²) in [7, 11) is 0. The number of hydrogen-bond acceptors (Lipinski definition) is 3. The molecule has 0 aromatic heterocycles. The van der Waals surface area contributed by atoms with Gasteiger partial charge in [-0.25, -0.2) is 4.79 Å². The molecule has 5 heteroatoms. The van der Waals surface area contributed by atoms with E-state index in [9.17, 15) is 9.59 Å². The second-order valence-electron chi connectivity index (χ2n) is 5.08. The molecule has 1 aromatic carbocycles. The number of hydrogen-bond donors (Lipinski definition) is 3. The SMILES string of the molecule is O=C(CCCNCc1ccccc1C(=O)O)NC1CC1. The van der Waals surface area contributed by atoms with Crippen molar-refractivity contribution < 1.29 is 14.7 Å². The lowest BCUT2D eigenvalue weighted by Gasteiger charge is -2.08. The van der Waals surface area contributed by atoms with E-state index >= 15 is 0 Å². The monoisotopic (exact) mass is 276 g/mol. The molecule has 0 radical (unpaired) electrons. The van der Waals surface area contributed by atoms with Crippen LogP contribution in [0.5, 0.6) is 0 Å². The van der Waals surface area contributed by atoms with Crippen molar-refractivity contribution >= 4 is 11.9 Å². The van der Waals surface area contributed by atoms with Crippen molar-refractivity contribution in [1.82, 2.24) is 10.6 Å². The maximum atomic E-state index is 11.5. The predicted octanol–water partition coefficient (Wildman–Crippen LogP) is 1.53. The first-order valence-corrected chi connectivity index (χ1v) is 6.98. The van der Waals surface area contributed by atoms with Crippen LogP contribution in [0, 0.1) is 0 Å². The minimum Gasteiger partial charge on any atom is -0.478 e. The molecule has 1 amide bonds. The minimum absolute atomic E-state index is 0.111. The fourth-order valence-corrected chi connectivity index (χ4v) is 2.01. The Balaban J connectivity index is 1.65. The van der Waals surface area contributed by atoms with Crippen LogP contribution in [0.25, 0.3) is 0 Å². The Kier molecular flexibility index (Phi) is 5.12. The molecule has 0 heterocycles. The number of carboxylic acids is 1. The average molecular weight is 276 g/mol. The Hall–Kier alpha value is -1.88. The molecule has 3 N–H and O–H groups in total. The molecule has 1 aliphatic rings. The first kappa shape index (κ1) is 14.5. The van der Waals surface area contributed by atoms with E-state index < -0.39 is 5.97 Å². The van der Waals surface area contributed by atoms with Crippen LogP contribution in [0.15, 0.2) is 24.3 Å². The lowest BCUT2D eigenvalue weighted by atomic mass is 10.1. The van der Waals surface area contributed by atoms with E-state index in [2.05, 4.69) is 10.6 Å². The fourth-order valence-electron chi connectivity index (χ4n) is 2.01. The molecular weight excluding hydrogens is 256 g/mol. The molecule has 1 fully saturated rings. The summed E-state index contributed by atoms with van der Waals surface area (Å²) in [6.07, 6.45) is 3.49. The number of amides is 1. The summed E-state index contributed by atoms with van der Waals surface area (Å²) in [5, 5.41) is 15.2. The van der Waals surface area contributed by atoms with Gasteiger partial charge in [0, 0.05) is 19.0 Å². The van der Waals surface area contributed by atoms with Gasteiger partial charge < -0.3 is 15.7 Å². The molecule has 1 aliphatic carbocycles. The van der Waals surface area contributed by atoms with Gasteiger partial charge in [-0.15, -0.1) is 0 Å².